The molecule has 0 aliphatic carbocycles. The highest BCUT2D eigenvalue weighted by atomic mass is 19.4. The number of anilines is 1. The van der Waals surface area contributed by atoms with E-state index in [4.69, 9.17) is 9.47 Å². The summed E-state index contributed by atoms with van der Waals surface area (Å²) in [6.45, 7) is 1.89. The van der Waals surface area contributed by atoms with Crippen LogP contribution in [0, 0.1) is 22.0 Å². The van der Waals surface area contributed by atoms with Crippen molar-refractivity contribution >= 4 is 34.0 Å². The summed E-state index contributed by atoms with van der Waals surface area (Å²) in [6, 6.07) is 13.7. The highest BCUT2D eigenvalue weighted by molar-refractivity contribution is 6.26. The normalized spacial score (nSPS) is 27.8. The molecule has 3 heterocycles. The number of amides is 2. The SMILES string of the molecule is C[C@@]12CC[C@@](CCOc3ccc(C(F)(F)F)cc3)(O1)[C@H]1C(=O)N(c3ccc([N+](=O)[O-])c4ccccc34)C(=O)[C@H]12. The molecule has 3 aromatic carbocycles. The molecule has 2 bridgehead atoms. The molecule has 202 valence electrons. The highest BCUT2D eigenvalue weighted by Gasteiger charge is 2.73. The maximum atomic E-state index is 13.9. The van der Waals surface area contributed by atoms with E-state index in [1.165, 1.54) is 24.3 Å². The van der Waals surface area contributed by atoms with Crippen molar-refractivity contribution in [1.29, 1.82) is 0 Å². The monoisotopic (exact) mass is 540 g/mol. The molecule has 3 aromatic rings. The Morgan fingerprint density at radius 3 is 2.33 bits per heavy atom. The molecule has 4 atom stereocenters. The number of nitro groups is 1. The van der Waals surface area contributed by atoms with Crippen molar-refractivity contribution in [2.45, 2.75) is 43.6 Å². The van der Waals surface area contributed by atoms with Gasteiger partial charge in [0, 0.05) is 17.9 Å². The van der Waals surface area contributed by atoms with Gasteiger partial charge in [0.05, 0.1) is 51.2 Å². The van der Waals surface area contributed by atoms with Crippen LogP contribution in [0.4, 0.5) is 24.5 Å². The molecule has 0 unspecified atom stereocenters. The number of alkyl halides is 3. The summed E-state index contributed by atoms with van der Waals surface area (Å²) < 4.78 is 50.7. The number of non-ortho nitro benzene ring substituents is 1. The molecular weight excluding hydrogens is 517 g/mol. The number of hydrogen-bond donors (Lipinski definition) is 0. The minimum atomic E-state index is -4.45. The first-order chi connectivity index (χ1) is 18.5. The Morgan fingerprint density at radius 1 is 1.00 bits per heavy atom. The van der Waals surface area contributed by atoms with Gasteiger partial charge in [-0.3, -0.25) is 19.7 Å². The van der Waals surface area contributed by atoms with Crippen molar-refractivity contribution in [3.63, 3.8) is 0 Å². The lowest BCUT2D eigenvalue weighted by atomic mass is 9.67. The third-order valence-electron chi connectivity index (χ3n) is 8.30. The molecule has 3 aliphatic heterocycles. The molecule has 0 spiro atoms. The van der Waals surface area contributed by atoms with Crippen LogP contribution in [0.1, 0.15) is 31.7 Å². The van der Waals surface area contributed by atoms with Crippen molar-refractivity contribution in [2.75, 3.05) is 11.5 Å². The smallest absolute Gasteiger partial charge is 0.416 e. The van der Waals surface area contributed by atoms with E-state index in [9.17, 15) is 32.9 Å². The number of rotatable bonds is 6. The first-order valence-corrected chi connectivity index (χ1v) is 12.5. The van der Waals surface area contributed by atoms with E-state index in [1.807, 2.05) is 6.92 Å². The maximum absolute atomic E-state index is 13.9. The second kappa shape index (κ2) is 8.51. The van der Waals surface area contributed by atoms with Gasteiger partial charge in [-0.1, -0.05) is 18.2 Å². The van der Waals surface area contributed by atoms with E-state index in [0.29, 0.717) is 29.3 Å². The molecule has 0 radical (unpaired) electrons. The van der Waals surface area contributed by atoms with Gasteiger partial charge in [-0.15, -0.1) is 0 Å². The van der Waals surface area contributed by atoms with E-state index >= 15 is 0 Å². The number of ether oxygens (including phenoxy) is 2. The second-order valence-electron chi connectivity index (χ2n) is 10.5. The van der Waals surface area contributed by atoms with E-state index in [1.54, 1.807) is 24.3 Å². The molecule has 3 aliphatic rings. The Morgan fingerprint density at radius 2 is 1.67 bits per heavy atom. The maximum Gasteiger partial charge on any atom is 0.416 e. The molecule has 3 fully saturated rings. The number of nitro benzene ring substituents is 1. The Bertz CT molecular complexity index is 1520. The molecule has 6 rings (SSSR count). The van der Waals surface area contributed by atoms with Gasteiger partial charge >= 0.3 is 6.18 Å². The van der Waals surface area contributed by atoms with Gasteiger partial charge in [-0.05, 0) is 56.2 Å². The quantitative estimate of drug-likeness (QED) is 0.227. The molecule has 0 N–H and O–H groups in total. The van der Waals surface area contributed by atoms with Crippen LogP contribution in [0.3, 0.4) is 0 Å². The number of carbonyl (C=O) groups is 2. The number of nitrogens with zero attached hydrogens (tertiary/aromatic N) is 2. The average molecular weight is 540 g/mol. The van der Waals surface area contributed by atoms with E-state index in [0.717, 1.165) is 17.0 Å². The van der Waals surface area contributed by atoms with Crippen LogP contribution < -0.4 is 9.64 Å². The van der Waals surface area contributed by atoms with Crippen LogP contribution in [-0.4, -0.2) is 34.5 Å². The lowest BCUT2D eigenvalue weighted by Gasteiger charge is -2.31. The summed E-state index contributed by atoms with van der Waals surface area (Å²) in [4.78, 5) is 39.9. The topological polar surface area (TPSA) is 99.0 Å². The zero-order valence-corrected chi connectivity index (χ0v) is 20.7. The Balaban J connectivity index is 1.28. The zero-order valence-electron chi connectivity index (χ0n) is 20.7. The zero-order chi connectivity index (χ0) is 27.7. The summed E-state index contributed by atoms with van der Waals surface area (Å²) >= 11 is 0. The fraction of sp³-hybridized carbons (Fsp3) is 0.357. The van der Waals surface area contributed by atoms with Crippen molar-refractivity contribution < 1.29 is 37.2 Å². The third-order valence-corrected chi connectivity index (χ3v) is 8.30. The molecular formula is C28H23F3N2O6. The molecule has 0 saturated carbocycles. The molecule has 2 amide bonds. The number of imide groups is 1. The summed E-state index contributed by atoms with van der Waals surface area (Å²) in [5.41, 5.74) is -2.45. The molecule has 8 nitrogen and oxygen atoms in total. The first kappa shape index (κ1) is 25.3. The minimum Gasteiger partial charge on any atom is -0.493 e. The predicted octanol–water partition coefficient (Wildman–Crippen LogP) is 5.66. The Hall–Kier alpha value is -3.99. The standard InChI is InChI=1S/C28H23F3N2O6/c1-26-12-13-27(39-26,14-15-38-17-8-6-16(7-9-17)28(29,30)31)23-22(26)24(34)32(25(23)35)20-10-11-21(33(36)37)19-5-3-2-4-18(19)20/h2-11,22-23H,12-15H2,1H3/t22-,23+,26-,27-/m0/s1. The van der Waals surface area contributed by atoms with Gasteiger partial charge in [0.25, 0.3) is 5.69 Å². The summed E-state index contributed by atoms with van der Waals surface area (Å²) in [5, 5.41) is 12.3. The highest BCUT2D eigenvalue weighted by Crippen LogP contribution is 2.62. The lowest BCUT2D eigenvalue weighted by Crippen LogP contribution is -2.43. The van der Waals surface area contributed by atoms with Crippen LogP contribution in [0.2, 0.25) is 0 Å². The van der Waals surface area contributed by atoms with E-state index < -0.39 is 51.5 Å². The van der Waals surface area contributed by atoms with Gasteiger partial charge in [0.2, 0.25) is 11.8 Å². The van der Waals surface area contributed by atoms with Crippen molar-refractivity contribution in [1.82, 2.24) is 0 Å². The number of benzene rings is 3. The molecule has 0 aromatic heterocycles. The van der Waals surface area contributed by atoms with E-state index in [2.05, 4.69) is 0 Å². The van der Waals surface area contributed by atoms with E-state index in [-0.39, 0.29) is 24.5 Å². The van der Waals surface area contributed by atoms with Crippen LogP contribution in [0.15, 0.2) is 60.7 Å². The average Bonchev–Trinajstić information content (AvgIpc) is 3.47. The van der Waals surface area contributed by atoms with Gasteiger partial charge in [-0.25, -0.2) is 4.90 Å². The Kier molecular flexibility index (Phi) is 5.52. The number of carbonyl (C=O) groups excluding carboxylic acids is 2. The van der Waals surface area contributed by atoms with Crippen LogP contribution in [0.5, 0.6) is 5.75 Å². The van der Waals surface area contributed by atoms with Gasteiger partial charge in [0.15, 0.2) is 0 Å². The fourth-order valence-corrected chi connectivity index (χ4v) is 6.55. The Labute approximate surface area is 220 Å². The fourth-order valence-electron chi connectivity index (χ4n) is 6.55. The van der Waals surface area contributed by atoms with Crippen LogP contribution in [0.25, 0.3) is 10.8 Å². The second-order valence-corrected chi connectivity index (χ2v) is 10.5. The van der Waals surface area contributed by atoms with Gasteiger partial charge < -0.3 is 9.47 Å². The summed E-state index contributed by atoms with van der Waals surface area (Å²) in [6.07, 6.45) is -3.11. The van der Waals surface area contributed by atoms with Crippen molar-refractivity contribution in [2.24, 2.45) is 11.8 Å². The first-order valence-electron chi connectivity index (χ1n) is 12.5. The van der Waals surface area contributed by atoms with Crippen molar-refractivity contribution in [3.05, 3.63) is 76.3 Å². The number of halogens is 3. The molecule has 39 heavy (non-hydrogen) atoms. The molecule has 3 saturated heterocycles. The third kappa shape index (κ3) is 3.78. The summed E-state index contributed by atoms with van der Waals surface area (Å²) in [7, 11) is 0. The number of fused-ring (bicyclic) bond motifs is 6. The largest absolute Gasteiger partial charge is 0.493 e. The molecule has 11 heteroatoms. The van der Waals surface area contributed by atoms with Gasteiger partial charge in [-0.2, -0.15) is 13.2 Å². The lowest BCUT2D eigenvalue weighted by molar-refractivity contribution is -0.383. The van der Waals surface area contributed by atoms with Crippen LogP contribution >= 0.6 is 0 Å². The summed E-state index contributed by atoms with van der Waals surface area (Å²) in [5.74, 6) is -2.08. The predicted molar refractivity (Wildman–Crippen MR) is 133 cm³/mol. The number of hydrogen-bond acceptors (Lipinski definition) is 6. The van der Waals surface area contributed by atoms with Gasteiger partial charge in [0.1, 0.15) is 5.75 Å². The van der Waals surface area contributed by atoms with Crippen molar-refractivity contribution in [3.8, 4) is 5.75 Å². The van der Waals surface area contributed by atoms with Crippen LogP contribution in [-0.2, 0) is 20.5 Å². The minimum absolute atomic E-state index is 0.0760.